The minimum absolute atomic E-state index is 0.124. The number of ether oxygens (including phenoxy) is 2. The summed E-state index contributed by atoms with van der Waals surface area (Å²) in [6.45, 7) is 18.2. The molecule has 0 unspecified atom stereocenters. The Labute approximate surface area is 160 Å². The summed E-state index contributed by atoms with van der Waals surface area (Å²) in [4.78, 5) is 13.0. The van der Waals surface area contributed by atoms with Gasteiger partial charge in [0.2, 0.25) is 0 Å². The van der Waals surface area contributed by atoms with Crippen LogP contribution >= 0.6 is 0 Å². The Kier molecular flexibility index (Phi) is 7.34. The molecule has 26 heavy (non-hydrogen) atoms. The Morgan fingerprint density at radius 3 is 2.23 bits per heavy atom. The highest BCUT2D eigenvalue weighted by Crippen LogP contribution is 2.33. The van der Waals surface area contributed by atoms with Crippen molar-refractivity contribution in [3.63, 3.8) is 0 Å². The SMILES string of the molecule is COc1cccc(C(=O)NC(C)(C)CC(C)(C)C)c1OCC[Si](C)(C)C. The third-order valence-electron chi connectivity index (χ3n) is 3.97. The lowest BCUT2D eigenvalue weighted by Crippen LogP contribution is -2.45. The van der Waals surface area contributed by atoms with Crippen LogP contribution in [0.2, 0.25) is 25.7 Å². The maximum atomic E-state index is 13.0. The molecule has 0 aliphatic carbocycles. The third-order valence-corrected chi connectivity index (χ3v) is 5.67. The molecule has 4 nitrogen and oxygen atoms in total. The molecule has 0 aliphatic heterocycles. The van der Waals surface area contributed by atoms with Gasteiger partial charge in [-0.1, -0.05) is 46.5 Å². The topological polar surface area (TPSA) is 47.6 Å². The van der Waals surface area contributed by atoms with E-state index in [2.05, 4.69) is 59.6 Å². The van der Waals surface area contributed by atoms with Gasteiger partial charge in [-0.25, -0.2) is 0 Å². The lowest BCUT2D eigenvalue weighted by atomic mass is 9.81. The summed E-state index contributed by atoms with van der Waals surface area (Å²) in [5.74, 6) is 1.01. The number of carbonyl (C=O) groups excluding carboxylic acids is 1. The van der Waals surface area contributed by atoms with Gasteiger partial charge in [0.05, 0.1) is 19.3 Å². The second-order valence-corrected chi connectivity index (χ2v) is 15.7. The van der Waals surface area contributed by atoms with Crippen LogP contribution in [-0.2, 0) is 0 Å². The van der Waals surface area contributed by atoms with E-state index < -0.39 is 8.07 Å². The maximum Gasteiger partial charge on any atom is 0.255 e. The van der Waals surface area contributed by atoms with Gasteiger partial charge in [0.1, 0.15) is 0 Å². The first-order valence-corrected chi connectivity index (χ1v) is 13.1. The summed E-state index contributed by atoms with van der Waals surface area (Å²) < 4.78 is 11.5. The van der Waals surface area contributed by atoms with Gasteiger partial charge >= 0.3 is 0 Å². The average molecular weight is 380 g/mol. The van der Waals surface area contributed by atoms with E-state index in [-0.39, 0.29) is 16.9 Å². The summed E-state index contributed by atoms with van der Waals surface area (Å²) in [5.41, 5.74) is 0.345. The number of hydrogen-bond donors (Lipinski definition) is 1. The van der Waals surface area contributed by atoms with Gasteiger partial charge in [0.25, 0.3) is 5.91 Å². The van der Waals surface area contributed by atoms with Gasteiger partial charge < -0.3 is 14.8 Å². The van der Waals surface area contributed by atoms with Crippen LogP contribution in [0.1, 0.15) is 51.4 Å². The first kappa shape index (κ1) is 22.5. The molecule has 0 aliphatic rings. The molecular weight excluding hydrogens is 342 g/mol. The van der Waals surface area contributed by atoms with Crippen molar-refractivity contribution in [1.82, 2.24) is 5.32 Å². The number of nitrogens with one attached hydrogen (secondary N) is 1. The van der Waals surface area contributed by atoms with Crippen molar-refractivity contribution in [2.24, 2.45) is 5.41 Å². The van der Waals surface area contributed by atoms with Crippen molar-refractivity contribution < 1.29 is 14.3 Å². The van der Waals surface area contributed by atoms with Crippen LogP contribution in [0.25, 0.3) is 0 Å². The molecule has 0 bridgehead atoms. The predicted molar refractivity (Wildman–Crippen MR) is 112 cm³/mol. The number of rotatable bonds is 8. The number of amides is 1. The Bertz CT molecular complexity index is 613. The van der Waals surface area contributed by atoms with E-state index in [9.17, 15) is 4.79 Å². The van der Waals surface area contributed by atoms with Crippen molar-refractivity contribution in [3.05, 3.63) is 23.8 Å². The van der Waals surface area contributed by atoms with Crippen LogP contribution < -0.4 is 14.8 Å². The number of para-hydroxylation sites is 1. The Balaban J connectivity index is 3.02. The number of carbonyl (C=O) groups is 1. The predicted octanol–water partition coefficient (Wildman–Crippen LogP) is 5.36. The molecule has 1 amide bonds. The highest BCUT2D eigenvalue weighted by atomic mass is 28.3. The first-order chi connectivity index (χ1) is 11.7. The fourth-order valence-corrected chi connectivity index (χ4v) is 3.92. The van der Waals surface area contributed by atoms with Gasteiger partial charge in [0.15, 0.2) is 11.5 Å². The second-order valence-electron chi connectivity index (χ2n) is 10.1. The van der Waals surface area contributed by atoms with E-state index >= 15 is 0 Å². The minimum Gasteiger partial charge on any atom is -0.493 e. The van der Waals surface area contributed by atoms with E-state index in [1.54, 1.807) is 13.2 Å². The molecule has 148 valence electrons. The van der Waals surface area contributed by atoms with Crippen molar-refractivity contribution in [2.75, 3.05) is 13.7 Å². The van der Waals surface area contributed by atoms with Gasteiger partial charge in [-0.3, -0.25) is 4.79 Å². The van der Waals surface area contributed by atoms with Gasteiger partial charge in [-0.2, -0.15) is 0 Å². The van der Waals surface area contributed by atoms with Crippen molar-refractivity contribution in [3.8, 4) is 11.5 Å². The van der Waals surface area contributed by atoms with Crippen molar-refractivity contribution in [1.29, 1.82) is 0 Å². The highest BCUT2D eigenvalue weighted by molar-refractivity contribution is 6.76. The molecule has 0 heterocycles. The summed E-state index contributed by atoms with van der Waals surface area (Å²) in [6, 6.07) is 6.49. The highest BCUT2D eigenvalue weighted by Gasteiger charge is 2.29. The lowest BCUT2D eigenvalue weighted by molar-refractivity contribution is 0.0887. The number of hydrogen-bond acceptors (Lipinski definition) is 3. The Morgan fingerprint density at radius 2 is 1.73 bits per heavy atom. The van der Waals surface area contributed by atoms with Crippen LogP contribution in [0.15, 0.2) is 18.2 Å². The zero-order valence-electron chi connectivity index (χ0n) is 18.1. The van der Waals surface area contributed by atoms with Crippen molar-refractivity contribution >= 4 is 14.0 Å². The maximum absolute atomic E-state index is 13.0. The molecule has 0 fully saturated rings. The lowest BCUT2D eigenvalue weighted by Gasteiger charge is -2.33. The monoisotopic (exact) mass is 379 g/mol. The molecule has 1 rings (SSSR count). The molecule has 1 aromatic rings. The van der Waals surface area contributed by atoms with E-state index in [0.29, 0.717) is 23.7 Å². The third kappa shape index (κ3) is 7.81. The minimum atomic E-state index is -1.21. The fourth-order valence-electron chi connectivity index (χ4n) is 3.21. The second kappa shape index (κ2) is 8.46. The summed E-state index contributed by atoms with van der Waals surface area (Å²) >= 11 is 0. The molecule has 0 spiro atoms. The number of methoxy groups -OCH3 is 1. The van der Waals surface area contributed by atoms with Crippen LogP contribution in [0.5, 0.6) is 11.5 Å². The van der Waals surface area contributed by atoms with Gasteiger partial charge in [-0.05, 0) is 43.9 Å². The molecular formula is C21H37NO3Si. The van der Waals surface area contributed by atoms with Crippen LogP contribution in [0, 0.1) is 5.41 Å². The first-order valence-electron chi connectivity index (χ1n) is 9.36. The molecule has 0 saturated heterocycles. The van der Waals surface area contributed by atoms with Crippen LogP contribution in [0.3, 0.4) is 0 Å². The largest absolute Gasteiger partial charge is 0.493 e. The fraction of sp³-hybridized carbons (Fsp3) is 0.667. The van der Waals surface area contributed by atoms with Crippen LogP contribution in [0.4, 0.5) is 0 Å². The van der Waals surface area contributed by atoms with E-state index in [0.717, 1.165) is 12.5 Å². The zero-order valence-corrected chi connectivity index (χ0v) is 19.1. The molecule has 1 aromatic carbocycles. The normalized spacial score (nSPS) is 12.7. The molecule has 0 radical (unpaired) electrons. The van der Waals surface area contributed by atoms with Crippen molar-refractivity contribution in [2.45, 2.75) is 72.3 Å². The molecule has 5 heteroatoms. The molecule has 0 aromatic heterocycles. The van der Waals surface area contributed by atoms with E-state index in [1.807, 2.05) is 12.1 Å². The van der Waals surface area contributed by atoms with Crippen LogP contribution in [-0.4, -0.2) is 33.2 Å². The standard InChI is InChI=1S/C21H37NO3Si/c1-20(2,3)15-21(4,5)22-19(23)16-11-10-12-17(24-6)18(16)25-13-14-26(7,8)9/h10-12H,13-15H2,1-9H3,(H,22,23). The summed E-state index contributed by atoms with van der Waals surface area (Å²) in [5, 5.41) is 3.16. The quantitative estimate of drug-likeness (QED) is 0.619. The summed E-state index contributed by atoms with van der Waals surface area (Å²) in [7, 11) is 0.389. The van der Waals surface area contributed by atoms with E-state index in [1.165, 1.54) is 0 Å². The summed E-state index contributed by atoms with van der Waals surface area (Å²) in [6.07, 6.45) is 0.877. The van der Waals surface area contributed by atoms with E-state index in [4.69, 9.17) is 9.47 Å². The smallest absolute Gasteiger partial charge is 0.255 e. The Morgan fingerprint density at radius 1 is 1.12 bits per heavy atom. The molecule has 0 saturated carbocycles. The zero-order chi connectivity index (χ0) is 20.2. The number of benzene rings is 1. The Hall–Kier alpha value is -1.49. The molecule has 0 atom stereocenters. The average Bonchev–Trinajstić information content (AvgIpc) is 2.42. The van der Waals surface area contributed by atoms with Gasteiger partial charge in [0, 0.05) is 13.6 Å². The molecule has 1 N–H and O–H groups in total. The van der Waals surface area contributed by atoms with Gasteiger partial charge in [-0.15, -0.1) is 0 Å².